The number of carbonyl (C=O) groups excluding carboxylic acids is 1. The maximum absolute atomic E-state index is 12.4. The summed E-state index contributed by atoms with van der Waals surface area (Å²) in [5.41, 5.74) is 3.03. The van der Waals surface area contributed by atoms with Crippen molar-refractivity contribution in [2.45, 2.75) is 38.9 Å². The summed E-state index contributed by atoms with van der Waals surface area (Å²) in [5, 5.41) is 0.871. The van der Waals surface area contributed by atoms with Crippen LogP contribution in [0.1, 0.15) is 41.6 Å². The van der Waals surface area contributed by atoms with Crippen molar-refractivity contribution >= 4 is 17.5 Å². The van der Waals surface area contributed by atoms with Gasteiger partial charge in [-0.1, -0.05) is 11.8 Å². The second kappa shape index (κ2) is 5.87. The summed E-state index contributed by atoms with van der Waals surface area (Å²) in [4.78, 5) is 16.6. The number of thioether (sulfide) groups is 1. The second-order valence-corrected chi connectivity index (χ2v) is 6.22. The Bertz CT molecular complexity index is 625. The molecule has 5 heteroatoms. The Balaban J connectivity index is 2.14. The molecule has 108 valence electrons. The summed E-state index contributed by atoms with van der Waals surface area (Å²) >= 11 is 1.48. The fourth-order valence-electron chi connectivity index (χ4n) is 2.55. The SMILES string of the molecule is Cc1cc(C(=O)CSc2nccn2C)c(C)n1C(C)C. The Kier molecular flexibility index (Phi) is 4.38. The number of hydrogen-bond acceptors (Lipinski definition) is 3. The standard InChI is InChI=1S/C15H21N3OS/c1-10(2)18-11(3)8-13(12(18)4)14(19)9-20-15-16-6-7-17(15)5/h6-8,10H,9H2,1-5H3. The first-order valence-electron chi connectivity index (χ1n) is 6.73. The molecule has 2 aromatic rings. The number of nitrogens with zero attached hydrogens (tertiary/aromatic N) is 3. The highest BCUT2D eigenvalue weighted by Crippen LogP contribution is 2.23. The third-order valence-corrected chi connectivity index (χ3v) is 4.47. The normalized spacial score (nSPS) is 11.3. The van der Waals surface area contributed by atoms with Crippen LogP contribution in [-0.2, 0) is 7.05 Å². The van der Waals surface area contributed by atoms with Crippen LogP contribution in [0.3, 0.4) is 0 Å². The smallest absolute Gasteiger partial charge is 0.175 e. The highest BCUT2D eigenvalue weighted by molar-refractivity contribution is 7.99. The Morgan fingerprint density at radius 2 is 2.10 bits per heavy atom. The second-order valence-electron chi connectivity index (χ2n) is 5.28. The summed E-state index contributed by atoms with van der Waals surface area (Å²) in [5.74, 6) is 0.589. The number of aryl methyl sites for hydroxylation is 2. The number of ketones is 1. The van der Waals surface area contributed by atoms with Gasteiger partial charge in [0.2, 0.25) is 0 Å². The predicted molar refractivity (Wildman–Crippen MR) is 82.6 cm³/mol. The van der Waals surface area contributed by atoms with E-state index >= 15 is 0 Å². The zero-order valence-electron chi connectivity index (χ0n) is 12.7. The van der Waals surface area contributed by atoms with E-state index in [4.69, 9.17) is 0 Å². The topological polar surface area (TPSA) is 39.8 Å². The molecule has 0 amide bonds. The lowest BCUT2D eigenvalue weighted by Gasteiger charge is -2.13. The van der Waals surface area contributed by atoms with Crippen LogP contribution in [0.5, 0.6) is 0 Å². The molecule has 0 fully saturated rings. The molecule has 0 aromatic carbocycles. The molecule has 0 bridgehead atoms. The summed E-state index contributed by atoms with van der Waals surface area (Å²) in [6.07, 6.45) is 3.63. The van der Waals surface area contributed by atoms with Crippen molar-refractivity contribution < 1.29 is 4.79 Å². The van der Waals surface area contributed by atoms with Crippen LogP contribution in [-0.4, -0.2) is 25.7 Å². The van der Waals surface area contributed by atoms with Crippen LogP contribution in [0.2, 0.25) is 0 Å². The molecular weight excluding hydrogens is 270 g/mol. The van der Waals surface area contributed by atoms with E-state index in [1.165, 1.54) is 11.8 Å². The maximum Gasteiger partial charge on any atom is 0.175 e. The Morgan fingerprint density at radius 3 is 2.60 bits per heavy atom. The van der Waals surface area contributed by atoms with Gasteiger partial charge in [-0.25, -0.2) is 4.98 Å². The zero-order chi connectivity index (χ0) is 14.9. The highest BCUT2D eigenvalue weighted by Gasteiger charge is 2.17. The van der Waals surface area contributed by atoms with E-state index in [0.717, 1.165) is 22.1 Å². The molecule has 0 aliphatic heterocycles. The predicted octanol–water partition coefficient (Wildman–Crippen LogP) is 3.39. The Labute approximate surface area is 124 Å². The van der Waals surface area contributed by atoms with E-state index in [9.17, 15) is 4.79 Å². The summed E-state index contributed by atoms with van der Waals surface area (Å²) < 4.78 is 4.13. The van der Waals surface area contributed by atoms with Crippen LogP contribution in [0.15, 0.2) is 23.6 Å². The summed E-state index contributed by atoms with van der Waals surface area (Å²) in [6.45, 7) is 8.34. The molecule has 2 aromatic heterocycles. The number of carbonyl (C=O) groups is 1. The van der Waals surface area contributed by atoms with Gasteiger partial charge in [0.05, 0.1) is 5.75 Å². The fourth-order valence-corrected chi connectivity index (χ4v) is 3.37. The average molecular weight is 291 g/mol. The molecule has 2 heterocycles. The van der Waals surface area contributed by atoms with Crippen molar-refractivity contribution in [2.75, 3.05) is 5.75 Å². The van der Waals surface area contributed by atoms with E-state index in [0.29, 0.717) is 11.8 Å². The maximum atomic E-state index is 12.4. The molecule has 0 radical (unpaired) electrons. The van der Waals surface area contributed by atoms with Crippen molar-refractivity contribution in [1.82, 2.24) is 14.1 Å². The molecule has 0 saturated heterocycles. The van der Waals surface area contributed by atoms with Gasteiger partial charge < -0.3 is 9.13 Å². The minimum atomic E-state index is 0.165. The van der Waals surface area contributed by atoms with Gasteiger partial charge >= 0.3 is 0 Å². The van der Waals surface area contributed by atoms with E-state index in [2.05, 4.69) is 30.3 Å². The minimum Gasteiger partial charge on any atom is -0.346 e. The lowest BCUT2D eigenvalue weighted by atomic mass is 10.2. The number of imidazole rings is 1. The molecule has 0 saturated carbocycles. The van der Waals surface area contributed by atoms with Crippen LogP contribution in [0.25, 0.3) is 0 Å². The van der Waals surface area contributed by atoms with Crippen LogP contribution >= 0.6 is 11.8 Å². The minimum absolute atomic E-state index is 0.165. The Morgan fingerprint density at radius 1 is 1.40 bits per heavy atom. The van der Waals surface area contributed by atoms with Crippen molar-refractivity contribution in [2.24, 2.45) is 7.05 Å². The molecular formula is C15H21N3OS. The van der Waals surface area contributed by atoms with Gasteiger partial charge in [0.15, 0.2) is 10.9 Å². The molecule has 0 atom stereocenters. The lowest BCUT2D eigenvalue weighted by Crippen LogP contribution is -2.08. The molecule has 0 unspecified atom stereocenters. The molecule has 0 spiro atoms. The lowest BCUT2D eigenvalue weighted by molar-refractivity contribution is 0.102. The first-order valence-corrected chi connectivity index (χ1v) is 7.72. The largest absolute Gasteiger partial charge is 0.346 e. The van der Waals surface area contributed by atoms with Crippen molar-refractivity contribution in [3.05, 3.63) is 35.4 Å². The number of Topliss-reactive ketones (excluding diaryl/α,β-unsaturated/α-hetero) is 1. The summed E-state index contributed by atoms with van der Waals surface area (Å²) in [6, 6.07) is 2.37. The number of rotatable bonds is 5. The van der Waals surface area contributed by atoms with Crippen molar-refractivity contribution in [3.63, 3.8) is 0 Å². The number of hydrogen-bond donors (Lipinski definition) is 0. The quantitative estimate of drug-likeness (QED) is 0.626. The van der Waals surface area contributed by atoms with Crippen molar-refractivity contribution in [3.8, 4) is 0 Å². The average Bonchev–Trinajstić information content (AvgIpc) is 2.90. The van der Waals surface area contributed by atoms with Gasteiger partial charge in [-0.3, -0.25) is 4.79 Å². The third-order valence-electron chi connectivity index (χ3n) is 3.41. The molecule has 0 N–H and O–H groups in total. The first kappa shape index (κ1) is 14.9. The zero-order valence-corrected chi connectivity index (χ0v) is 13.5. The molecule has 0 aliphatic rings. The molecule has 2 rings (SSSR count). The van der Waals surface area contributed by atoms with Gasteiger partial charge in [0.1, 0.15) is 0 Å². The molecule has 20 heavy (non-hydrogen) atoms. The van der Waals surface area contributed by atoms with Gasteiger partial charge in [0, 0.05) is 42.4 Å². The van der Waals surface area contributed by atoms with Gasteiger partial charge in [-0.2, -0.15) is 0 Å². The van der Waals surface area contributed by atoms with Gasteiger partial charge in [-0.15, -0.1) is 0 Å². The van der Waals surface area contributed by atoms with Crippen LogP contribution in [0.4, 0.5) is 0 Å². The van der Waals surface area contributed by atoms with E-state index < -0.39 is 0 Å². The van der Waals surface area contributed by atoms with Crippen LogP contribution < -0.4 is 0 Å². The van der Waals surface area contributed by atoms with Crippen LogP contribution in [0, 0.1) is 13.8 Å². The number of aromatic nitrogens is 3. The van der Waals surface area contributed by atoms with E-state index in [1.54, 1.807) is 6.20 Å². The highest BCUT2D eigenvalue weighted by atomic mass is 32.2. The first-order chi connectivity index (χ1) is 9.41. The molecule has 0 aliphatic carbocycles. The Hall–Kier alpha value is -1.49. The fraction of sp³-hybridized carbons (Fsp3) is 0.467. The van der Waals surface area contributed by atoms with E-state index in [1.807, 2.05) is 30.8 Å². The molecule has 4 nitrogen and oxygen atoms in total. The van der Waals surface area contributed by atoms with Gasteiger partial charge in [-0.05, 0) is 33.8 Å². The monoisotopic (exact) mass is 291 g/mol. The van der Waals surface area contributed by atoms with Gasteiger partial charge in [0.25, 0.3) is 0 Å². The van der Waals surface area contributed by atoms with E-state index in [-0.39, 0.29) is 5.78 Å². The summed E-state index contributed by atoms with van der Waals surface area (Å²) in [7, 11) is 1.93. The third kappa shape index (κ3) is 2.82. The van der Waals surface area contributed by atoms with Crippen molar-refractivity contribution in [1.29, 1.82) is 0 Å².